The van der Waals surface area contributed by atoms with E-state index in [1.165, 1.54) is 16.6 Å². The quantitative estimate of drug-likeness (QED) is 0.282. The number of phenolic OH excluding ortho intramolecular Hbond substituents is 1. The third-order valence-electron chi connectivity index (χ3n) is 8.42. The normalized spacial score (nSPS) is 22.3. The van der Waals surface area contributed by atoms with Gasteiger partial charge in [-0.3, -0.25) is 4.79 Å². The molecule has 41 heavy (non-hydrogen) atoms. The van der Waals surface area contributed by atoms with Crippen LogP contribution < -0.4 is 5.32 Å². The smallest absolute Gasteiger partial charge is 0.251 e. The molecule has 3 aromatic rings. The van der Waals surface area contributed by atoms with Crippen LogP contribution in [0.15, 0.2) is 91.3 Å². The molecule has 0 saturated heterocycles. The fourth-order valence-corrected chi connectivity index (χ4v) is 6.46. The number of rotatable bonds is 6. The Balaban J connectivity index is 0.00000337. The molecule has 6 rings (SSSR count). The van der Waals surface area contributed by atoms with E-state index in [9.17, 15) is 15.0 Å². The van der Waals surface area contributed by atoms with Crippen LogP contribution in [0.3, 0.4) is 0 Å². The number of nitrogens with zero attached hydrogens (tertiary/aromatic N) is 1. The first kappa shape index (κ1) is 28.5. The minimum Gasteiger partial charge on any atom is -0.508 e. The summed E-state index contributed by atoms with van der Waals surface area (Å²) in [6.07, 6.45) is 16.8. The van der Waals surface area contributed by atoms with Gasteiger partial charge in [0, 0.05) is 34.6 Å². The van der Waals surface area contributed by atoms with Gasteiger partial charge in [0.05, 0.1) is 18.8 Å². The summed E-state index contributed by atoms with van der Waals surface area (Å²) in [4.78, 5) is 13.5. The highest BCUT2D eigenvalue weighted by molar-refractivity contribution is 5.99. The zero-order valence-electron chi connectivity index (χ0n) is 22.6. The maximum Gasteiger partial charge on any atom is 0.251 e. The van der Waals surface area contributed by atoms with E-state index < -0.39 is 0 Å². The van der Waals surface area contributed by atoms with E-state index in [1.807, 2.05) is 30.3 Å². The molecule has 2 aromatic carbocycles. The minimum absolute atomic E-state index is 0. The van der Waals surface area contributed by atoms with Crippen LogP contribution in [0.2, 0.25) is 0 Å². The highest BCUT2D eigenvalue weighted by atomic mass is 16.5. The third-order valence-corrected chi connectivity index (χ3v) is 8.42. The first-order valence-corrected chi connectivity index (χ1v) is 14.2. The zero-order chi connectivity index (χ0) is 27.6. The summed E-state index contributed by atoms with van der Waals surface area (Å²) in [5, 5.41) is 24.1. The topological polar surface area (TPSA) is 83.7 Å². The van der Waals surface area contributed by atoms with Crippen molar-refractivity contribution in [3.63, 3.8) is 0 Å². The Kier molecular flexibility index (Phi) is 8.50. The number of aromatic nitrogens is 1. The summed E-state index contributed by atoms with van der Waals surface area (Å²) in [5.74, 6) is 0.705. The lowest BCUT2D eigenvalue weighted by molar-refractivity contribution is 0.0779. The monoisotopic (exact) mass is 552 g/mol. The summed E-state index contributed by atoms with van der Waals surface area (Å²) < 4.78 is 8.56. The molecule has 1 amide bonds. The van der Waals surface area contributed by atoms with E-state index in [0.717, 1.165) is 36.8 Å². The molecule has 0 saturated carbocycles. The number of aliphatic hydroxyl groups is 1. The lowest BCUT2D eigenvalue weighted by atomic mass is 9.83. The molecule has 1 aromatic heterocycles. The van der Waals surface area contributed by atoms with E-state index in [2.05, 4.69) is 40.8 Å². The van der Waals surface area contributed by atoms with E-state index in [-0.39, 0.29) is 42.9 Å². The lowest BCUT2D eigenvalue weighted by Crippen LogP contribution is -2.34. The molecule has 3 aliphatic rings. The van der Waals surface area contributed by atoms with Crippen LogP contribution in [-0.4, -0.2) is 39.4 Å². The Bertz CT molecular complexity index is 1510. The molecule has 2 heterocycles. The molecular weight excluding hydrogens is 512 g/mol. The molecule has 6 heteroatoms. The van der Waals surface area contributed by atoms with Crippen LogP contribution >= 0.6 is 0 Å². The first-order valence-electron chi connectivity index (χ1n) is 14.2. The fourth-order valence-electron chi connectivity index (χ4n) is 6.46. The van der Waals surface area contributed by atoms with Crippen molar-refractivity contribution in [2.45, 2.75) is 70.1 Å². The van der Waals surface area contributed by atoms with Crippen LogP contribution in [0.1, 0.15) is 72.1 Å². The van der Waals surface area contributed by atoms with Crippen molar-refractivity contribution in [2.75, 3.05) is 6.61 Å². The average Bonchev–Trinajstić information content (AvgIpc) is 3.13. The van der Waals surface area contributed by atoms with Gasteiger partial charge in [-0.05, 0) is 85.6 Å². The number of phenols is 1. The Morgan fingerprint density at radius 2 is 2.00 bits per heavy atom. The van der Waals surface area contributed by atoms with Crippen molar-refractivity contribution < 1.29 is 19.7 Å². The van der Waals surface area contributed by atoms with Crippen LogP contribution in [0.5, 0.6) is 5.75 Å². The van der Waals surface area contributed by atoms with Gasteiger partial charge in [-0.25, -0.2) is 0 Å². The van der Waals surface area contributed by atoms with Gasteiger partial charge >= 0.3 is 0 Å². The van der Waals surface area contributed by atoms with Crippen LogP contribution in [0, 0.1) is 0 Å². The number of hydrogen-bond donors (Lipinski definition) is 3. The number of carbonyl (C=O) groups is 1. The van der Waals surface area contributed by atoms with Crippen LogP contribution in [0.4, 0.5) is 0 Å². The van der Waals surface area contributed by atoms with E-state index in [0.29, 0.717) is 31.1 Å². The van der Waals surface area contributed by atoms with Crippen LogP contribution in [0.25, 0.3) is 10.9 Å². The Labute approximate surface area is 242 Å². The van der Waals surface area contributed by atoms with Crippen molar-refractivity contribution >= 4 is 16.8 Å². The Morgan fingerprint density at radius 1 is 1.17 bits per heavy atom. The molecule has 214 valence electrons. The van der Waals surface area contributed by atoms with Gasteiger partial charge in [0.1, 0.15) is 11.5 Å². The second kappa shape index (κ2) is 12.2. The highest BCUT2D eigenvalue weighted by Gasteiger charge is 2.35. The van der Waals surface area contributed by atoms with Crippen LogP contribution in [-0.2, 0) is 17.7 Å². The molecular formula is C35H40N2O4. The van der Waals surface area contributed by atoms with Crippen molar-refractivity contribution in [1.29, 1.82) is 0 Å². The van der Waals surface area contributed by atoms with E-state index >= 15 is 0 Å². The largest absolute Gasteiger partial charge is 0.508 e. The number of nitrogens with one attached hydrogen (secondary N) is 1. The second-order valence-electron chi connectivity index (χ2n) is 11.0. The molecule has 1 aliphatic heterocycles. The number of aromatic hydroxyl groups is 1. The minimum atomic E-state index is -0.244. The second-order valence-corrected chi connectivity index (χ2v) is 11.0. The van der Waals surface area contributed by atoms with Gasteiger partial charge in [0.15, 0.2) is 0 Å². The number of hydrogen-bond acceptors (Lipinski definition) is 4. The van der Waals surface area contributed by atoms with E-state index in [1.54, 1.807) is 24.3 Å². The Morgan fingerprint density at radius 3 is 2.80 bits per heavy atom. The zero-order valence-corrected chi connectivity index (χ0v) is 22.6. The highest BCUT2D eigenvalue weighted by Crippen LogP contribution is 2.44. The molecule has 2 aliphatic carbocycles. The predicted octanol–water partition coefficient (Wildman–Crippen LogP) is 7.22. The number of allylic oxidation sites excluding steroid dienone is 3. The van der Waals surface area contributed by atoms with Crippen molar-refractivity contribution in [3.8, 4) is 5.75 Å². The number of carbonyl (C=O) groups excluding carboxylic acids is 1. The van der Waals surface area contributed by atoms with Crippen molar-refractivity contribution in [3.05, 3.63) is 114 Å². The van der Waals surface area contributed by atoms with Gasteiger partial charge < -0.3 is 24.8 Å². The lowest BCUT2D eigenvalue weighted by Gasteiger charge is -2.26. The van der Waals surface area contributed by atoms with Crippen molar-refractivity contribution in [2.24, 2.45) is 0 Å². The number of amides is 1. The molecule has 4 unspecified atom stereocenters. The number of fused-ring (bicyclic) bond motifs is 5. The standard InChI is InChI=1S/C34H36N2O4.CH4/c1-2-25(19-22-9-12-26(37)13-10-22)35-34(39)24-11-15-28-30(20-24)36-17-18-40-31-21-27(38)14-16-29(31)33(36)32(28)23-7-5-3-4-6-8-23;/h2-3,5,9-16,20-21,23,25,29,31,37-38H,1,4,6-8,17-19H2,(H,35,39);1H4. The molecule has 6 nitrogen and oxygen atoms in total. The van der Waals surface area contributed by atoms with Gasteiger partial charge in [-0.15, -0.1) is 6.58 Å². The molecule has 0 radical (unpaired) electrons. The summed E-state index contributed by atoms with van der Waals surface area (Å²) in [5.41, 5.74) is 5.26. The third kappa shape index (κ3) is 5.75. The molecule has 4 atom stereocenters. The molecule has 3 N–H and O–H groups in total. The van der Waals surface area contributed by atoms with Crippen molar-refractivity contribution in [1.82, 2.24) is 9.88 Å². The summed E-state index contributed by atoms with van der Waals surface area (Å²) in [6.45, 7) is 5.14. The maximum absolute atomic E-state index is 13.5. The number of ether oxygens (including phenoxy) is 1. The SMILES string of the molecule is C.C=CC(Cc1ccc(O)cc1)NC(=O)c1ccc2c(C3CC=CCCC3)c3n(c2c1)CCOC1C=C(O)C=CC31. The first-order chi connectivity index (χ1) is 19.5. The van der Waals surface area contributed by atoms with Gasteiger partial charge in [0.2, 0.25) is 0 Å². The molecule has 0 bridgehead atoms. The summed E-state index contributed by atoms with van der Waals surface area (Å²) in [6, 6.07) is 12.8. The van der Waals surface area contributed by atoms with Gasteiger partial charge in [0.25, 0.3) is 5.91 Å². The predicted molar refractivity (Wildman–Crippen MR) is 165 cm³/mol. The molecule has 0 fully saturated rings. The van der Waals surface area contributed by atoms with Gasteiger partial charge in [-0.1, -0.05) is 49.9 Å². The summed E-state index contributed by atoms with van der Waals surface area (Å²) in [7, 11) is 0. The molecule has 0 spiro atoms. The van der Waals surface area contributed by atoms with Gasteiger partial charge in [-0.2, -0.15) is 0 Å². The van der Waals surface area contributed by atoms with E-state index in [4.69, 9.17) is 4.74 Å². The summed E-state index contributed by atoms with van der Waals surface area (Å²) >= 11 is 0. The Hall–Kier alpha value is -4.03. The number of benzene rings is 2. The average molecular weight is 553 g/mol. The number of aliphatic hydroxyl groups excluding tert-OH is 1. The maximum atomic E-state index is 13.5. The fraction of sp³-hybridized carbons (Fsp3) is 0.343.